The van der Waals surface area contributed by atoms with Crippen LogP contribution in [0.25, 0.3) is 10.9 Å². The molecular weight excluding hydrogens is 386 g/mol. The number of aromatic nitrogens is 2. The second-order valence-corrected chi connectivity index (χ2v) is 8.84. The summed E-state index contributed by atoms with van der Waals surface area (Å²) in [6.45, 7) is 4.22. The molecule has 2 saturated heterocycles. The third kappa shape index (κ3) is 4.51. The Balaban J connectivity index is 1.58. The fourth-order valence-corrected chi connectivity index (χ4v) is 5.27. The van der Waals surface area contributed by atoms with Gasteiger partial charge in [-0.1, -0.05) is 30.8 Å². The lowest BCUT2D eigenvalue weighted by molar-refractivity contribution is -0.132. The number of carbonyl (C=O) groups excluding carboxylic acids is 1. The van der Waals surface area contributed by atoms with Crippen molar-refractivity contribution in [2.75, 3.05) is 18.9 Å². The third-order valence-electron chi connectivity index (χ3n) is 5.98. The third-order valence-corrected chi connectivity index (χ3v) is 6.94. The van der Waals surface area contributed by atoms with E-state index < -0.39 is 0 Å². The number of piperidine rings is 1. The minimum Gasteiger partial charge on any atom is -0.376 e. The molecule has 4 rings (SSSR count). The summed E-state index contributed by atoms with van der Waals surface area (Å²) in [4.78, 5) is 32.8. The number of para-hydroxylation sites is 1. The van der Waals surface area contributed by atoms with Crippen LogP contribution in [0, 0.1) is 0 Å². The molecule has 0 unspecified atom stereocenters. The van der Waals surface area contributed by atoms with Gasteiger partial charge in [-0.3, -0.25) is 14.2 Å². The zero-order chi connectivity index (χ0) is 20.2. The van der Waals surface area contributed by atoms with Crippen molar-refractivity contribution in [3.63, 3.8) is 0 Å². The number of hydrogen-bond acceptors (Lipinski definition) is 5. The molecule has 7 heteroatoms. The number of benzene rings is 1. The van der Waals surface area contributed by atoms with Crippen molar-refractivity contribution in [1.29, 1.82) is 0 Å². The Morgan fingerprint density at radius 1 is 1.24 bits per heavy atom. The summed E-state index contributed by atoms with van der Waals surface area (Å²) in [6, 6.07) is 7.76. The van der Waals surface area contributed by atoms with Crippen LogP contribution in [0.4, 0.5) is 0 Å². The maximum Gasteiger partial charge on any atom is 0.262 e. The zero-order valence-corrected chi connectivity index (χ0v) is 17.8. The number of thioether (sulfide) groups is 1. The van der Waals surface area contributed by atoms with Crippen LogP contribution < -0.4 is 5.56 Å². The van der Waals surface area contributed by atoms with Gasteiger partial charge in [0.05, 0.1) is 29.3 Å². The smallest absolute Gasteiger partial charge is 0.262 e. The summed E-state index contributed by atoms with van der Waals surface area (Å²) in [5, 5.41) is 1.23. The summed E-state index contributed by atoms with van der Waals surface area (Å²) >= 11 is 1.38. The van der Waals surface area contributed by atoms with E-state index in [9.17, 15) is 9.59 Å². The standard InChI is InChI=1S/C22H29N3O3S/c1-2-16-8-5-6-12-24(16)20(26)15-29-22-23-19-11-4-3-10-18(19)21(27)25(22)14-17-9-7-13-28-17/h3-4,10-11,16-17H,2,5-9,12-15H2,1H3/t16-,17+/m1/s1. The van der Waals surface area contributed by atoms with Crippen molar-refractivity contribution in [3.05, 3.63) is 34.6 Å². The van der Waals surface area contributed by atoms with E-state index in [-0.39, 0.29) is 17.6 Å². The number of nitrogens with zero attached hydrogens (tertiary/aromatic N) is 3. The second kappa shape index (κ2) is 9.30. The quantitative estimate of drug-likeness (QED) is 0.534. The summed E-state index contributed by atoms with van der Waals surface area (Å²) in [6.07, 6.45) is 6.37. The highest BCUT2D eigenvalue weighted by Gasteiger charge is 2.26. The zero-order valence-electron chi connectivity index (χ0n) is 17.0. The van der Waals surface area contributed by atoms with Crippen LogP contribution >= 0.6 is 11.8 Å². The van der Waals surface area contributed by atoms with Gasteiger partial charge in [0.2, 0.25) is 5.91 Å². The van der Waals surface area contributed by atoms with Crippen molar-refractivity contribution in [2.45, 2.75) is 69.3 Å². The second-order valence-electron chi connectivity index (χ2n) is 7.90. The molecule has 1 amide bonds. The lowest BCUT2D eigenvalue weighted by atomic mass is 10.0. The average Bonchev–Trinajstić information content (AvgIpc) is 3.27. The number of fused-ring (bicyclic) bond motifs is 1. The van der Waals surface area contributed by atoms with Crippen molar-refractivity contribution in [1.82, 2.24) is 14.5 Å². The van der Waals surface area contributed by atoms with Crippen molar-refractivity contribution in [2.24, 2.45) is 0 Å². The van der Waals surface area contributed by atoms with Crippen molar-refractivity contribution < 1.29 is 9.53 Å². The first-order valence-corrected chi connectivity index (χ1v) is 11.7. The molecule has 1 aromatic carbocycles. The Morgan fingerprint density at radius 2 is 2.10 bits per heavy atom. The minimum absolute atomic E-state index is 0.0391. The molecule has 0 saturated carbocycles. The van der Waals surface area contributed by atoms with Crippen LogP contribution in [0.3, 0.4) is 0 Å². The number of ether oxygens (including phenoxy) is 1. The fourth-order valence-electron chi connectivity index (χ4n) is 4.37. The van der Waals surface area contributed by atoms with Crippen molar-refractivity contribution >= 4 is 28.6 Å². The Morgan fingerprint density at radius 3 is 2.90 bits per heavy atom. The summed E-state index contributed by atoms with van der Waals surface area (Å²) < 4.78 is 7.47. The van der Waals surface area contributed by atoms with Gasteiger partial charge in [-0.2, -0.15) is 0 Å². The number of hydrogen-bond donors (Lipinski definition) is 0. The summed E-state index contributed by atoms with van der Waals surface area (Å²) in [5.41, 5.74) is 0.630. The molecule has 156 valence electrons. The molecule has 2 aromatic rings. The highest BCUT2D eigenvalue weighted by atomic mass is 32.2. The van der Waals surface area contributed by atoms with E-state index in [2.05, 4.69) is 6.92 Å². The lowest BCUT2D eigenvalue weighted by Crippen LogP contribution is -2.44. The van der Waals surface area contributed by atoms with Gasteiger partial charge in [-0.05, 0) is 50.7 Å². The van der Waals surface area contributed by atoms with Gasteiger partial charge in [0.25, 0.3) is 5.56 Å². The van der Waals surface area contributed by atoms with E-state index in [1.54, 1.807) is 4.57 Å². The Hall–Kier alpha value is -1.86. The maximum atomic E-state index is 13.1. The highest BCUT2D eigenvalue weighted by molar-refractivity contribution is 7.99. The lowest BCUT2D eigenvalue weighted by Gasteiger charge is -2.35. The summed E-state index contributed by atoms with van der Waals surface area (Å²) in [5.74, 6) is 0.458. The van der Waals surface area contributed by atoms with Gasteiger partial charge in [0.1, 0.15) is 0 Å². The highest BCUT2D eigenvalue weighted by Crippen LogP contribution is 2.24. The molecule has 0 radical (unpaired) electrons. The van der Waals surface area contributed by atoms with Crippen LogP contribution in [0.2, 0.25) is 0 Å². The van der Waals surface area contributed by atoms with Crippen LogP contribution in [-0.2, 0) is 16.1 Å². The van der Waals surface area contributed by atoms with E-state index in [1.165, 1.54) is 18.2 Å². The number of likely N-dealkylation sites (tertiary alicyclic amines) is 1. The van der Waals surface area contributed by atoms with Gasteiger partial charge in [-0.25, -0.2) is 4.98 Å². The van der Waals surface area contributed by atoms with Crippen LogP contribution in [-0.4, -0.2) is 51.4 Å². The largest absolute Gasteiger partial charge is 0.376 e. The number of rotatable bonds is 6. The van der Waals surface area contributed by atoms with Crippen LogP contribution in [0.15, 0.2) is 34.2 Å². The van der Waals surface area contributed by atoms with E-state index in [4.69, 9.17) is 9.72 Å². The fraction of sp³-hybridized carbons (Fsp3) is 0.591. The number of carbonyl (C=O) groups is 1. The van der Waals surface area contributed by atoms with E-state index in [1.807, 2.05) is 29.2 Å². The van der Waals surface area contributed by atoms with Crippen LogP contribution in [0.5, 0.6) is 0 Å². The molecule has 2 fully saturated rings. The topological polar surface area (TPSA) is 64.4 Å². The molecule has 2 atom stereocenters. The van der Waals surface area contributed by atoms with Gasteiger partial charge in [0, 0.05) is 19.2 Å². The van der Waals surface area contributed by atoms with Gasteiger partial charge < -0.3 is 9.64 Å². The van der Waals surface area contributed by atoms with E-state index in [0.717, 1.165) is 45.3 Å². The molecule has 0 N–H and O–H groups in total. The van der Waals surface area contributed by atoms with E-state index in [0.29, 0.717) is 34.4 Å². The minimum atomic E-state index is -0.0505. The van der Waals surface area contributed by atoms with Gasteiger partial charge in [-0.15, -0.1) is 0 Å². The Labute approximate surface area is 175 Å². The van der Waals surface area contributed by atoms with Gasteiger partial charge >= 0.3 is 0 Å². The first-order chi connectivity index (χ1) is 14.2. The molecule has 3 heterocycles. The van der Waals surface area contributed by atoms with E-state index >= 15 is 0 Å². The Kier molecular flexibility index (Phi) is 6.55. The van der Waals surface area contributed by atoms with Gasteiger partial charge in [0.15, 0.2) is 5.16 Å². The summed E-state index contributed by atoms with van der Waals surface area (Å²) in [7, 11) is 0. The first kappa shape index (κ1) is 20.4. The normalized spacial score (nSPS) is 22.3. The maximum absolute atomic E-state index is 13.1. The number of amides is 1. The molecule has 6 nitrogen and oxygen atoms in total. The SMILES string of the molecule is CC[C@@H]1CCCCN1C(=O)CSc1nc2ccccc2c(=O)n1C[C@@H]1CCCO1. The molecule has 29 heavy (non-hydrogen) atoms. The predicted molar refractivity (Wildman–Crippen MR) is 115 cm³/mol. The average molecular weight is 416 g/mol. The molecule has 2 aliphatic rings. The first-order valence-electron chi connectivity index (χ1n) is 10.7. The monoisotopic (exact) mass is 415 g/mol. The van der Waals surface area contributed by atoms with Crippen LogP contribution in [0.1, 0.15) is 45.4 Å². The predicted octanol–water partition coefficient (Wildman–Crippen LogP) is 3.46. The van der Waals surface area contributed by atoms with Crippen molar-refractivity contribution in [3.8, 4) is 0 Å². The molecule has 0 spiro atoms. The Bertz CT molecular complexity index is 923. The molecule has 1 aromatic heterocycles. The molecular formula is C22H29N3O3S. The molecule has 0 bridgehead atoms. The molecule has 0 aliphatic carbocycles. The molecule has 2 aliphatic heterocycles.